The zero-order valence-corrected chi connectivity index (χ0v) is 10.1. The number of benzene rings is 1. The van der Waals surface area contributed by atoms with Gasteiger partial charge in [-0.25, -0.2) is 0 Å². The maximum absolute atomic E-state index is 5.93. The van der Waals surface area contributed by atoms with Crippen molar-refractivity contribution in [3.63, 3.8) is 0 Å². The minimum Gasteiger partial charge on any atom is -0.398 e. The average molecular weight is 231 g/mol. The summed E-state index contributed by atoms with van der Waals surface area (Å²) in [7, 11) is 1.70. The molecule has 1 aromatic carbocycles. The van der Waals surface area contributed by atoms with Gasteiger partial charge in [-0.15, -0.1) is 0 Å². The van der Waals surface area contributed by atoms with Crippen LogP contribution in [0.5, 0.6) is 0 Å². The topological polar surface area (TPSA) is 60.2 Å². The number of hydrogen-bond donors (Lipinski definition) is 2. The van der Waals surface area contributed by atoms with Gasteiger partial charge in [-0.1, -0.05) is 0 Å². The predicted molar refractivity (Wildman–Crippen MR) is 71.1 cm³/mol. The SMILES string of the molecule is COC(C)CNc1ccc(N)c2ccncc12. The number of aromatic nitrogens is 1. The third-order valence-corrected chi connectivity index (χ3v) is 2.83. The Morgan fingerprint density at radius 1 is 1.35 bits per heavy atom. The molecule has 0 aliphatic heterocycles. The molecule has 1 aromatic heterocycles. The Labute approximate surface area is 101 Å². The highest BCUT2D eigenvalue weighted by Crippen LogP contribution is 2.27. The summed E-state index contributed by atoms with van der Waals surface area (Å²) in [5.41, 5.74) is 7.73. The lowest BCUT2D eigenvalue weighted by atomic mass is 10.1. The fraction of sp³-hybridized carbons (Fsp3) is 0.308. The molecule has 4 heteroatoms. The number of nitrogens with two attached hydrogens (primary N) is 1. The molecule has 0 amide bonds. The summed E-state index contributed by atoms with van der Waals surface area (Å²) in [5.74, 6) is 0. The second-order valence-corrected chi connectivity index (χ2v) is 4.05. The van der Waals surface area contributed by atoms with Gasteiger partial charge in [0.1, 0.15) is 0 Å². The van der Waals surface area contributed by atoms with Crippen LogP contribution in [-0.2, 0) is 4.74 Å². The number of nitrogens with one attached hydrogen (secondary N) is 1. The molecular formula is C13H17N3O. The van der Waals surface area contributed by atoms with Crippen LogP contribution in [0.3, 0.4) is 0 Å². The number of anilines is 2. The van der Waals surface area contributed by atoms with Crippen LogP contribution in [0.1, 0.15) is 6.92 Å². The van der Waals surface area contributed by atoms with E-state index in [1.54, 1.807) is 13.3 Å². The minimum atomic E-state index is 0.166. The van der Waals surface area contributed by atoms with Crippen LogP contribution >= 0.6 is 0 Å². The zero-order valence-electron chi connectivity index (χ0n) is 10.1. The van der Waals surface area contributed by atoms with Crippen molar-refractivity contribution in [1.29, 1.82) is 0 Å². The van der Waals surface area contributed by atoms with E-state index < -0.39 is 0 Å². The monoisotopic (exact) mass is 231 g/mol. The van der Waals surface area contributed by atoms with Crippen molar-refractivity contribution < 1.29 is 4.74 Å². The summed E-state index contributed by atoms with van der Waals surface area (Å²) in [6.45, 7) is 2.77. The Bertz CT molecular complexity index is 513. The fourth-order valence-corrected chi connectivity index (χ4v) is 1.70. The van der Waals surface area contributed by atoms with Crippen LogP contribution in [0.4, 0.5) is 11.4 Å². The molecule has 0 spiro atoms. The smallest absolute Gasteiger partial charge is 0.0715 e. The number of fused-ring (bicyclic) bond motifs is 1. The van der Waals surface area contributed by atoms with Gasteiger partial charge in [0.05, 0.1) is 6.10 Å². The first-order valence-electron chi connectivity index (χ1n) is 5.61. The molecule has 0 aliphatic carbocycles. The van der Waals surface area contributed by atoms with Gasteiger partial charge in [0.25, 0.3) is 0 Å². The lowest BCUT2D eigenvalue weighted by molar-refractivity contribution is 0.129. The molecule has 4 nitrogen and oxygen atoms in total. The van der Waals surface area contributed by atoms with Gasteiger partial charge in [-0.2, -0.15) is 0 Å². The molecule has 0 bridgehead atoms. The van der Waals surface area contributed by atoms with Crippen LogP contribution in [0.2, 0.25) is 0 Å². The second kappa shape index (κ2) is 5.01. The van der Waals surface area contributed by atoms with E-state index in [4.69, 9.17) is 10.5 Å². The first kappa shape index (κ1) is 11.7. The third kappa shape index (κ3) is 2.47. The van der Waals surface area contributed by atoms with E-state index in [2.05, 4.69) is 10.3 Å². The summed E-state index contributed by atoms with van der Waals surface area (Å²) in [6.07, 6.45) is 3.74. The van der Waals surface area contributed by atoms with Gasteiger partial charge in [0.15, 0.2) is 0 Å². The number of rotatable bonds is 4. The highest BCUT2D eigenvalue weighted by atomic mass is 16.5. The number of nitrogen functional groups attached to an aromatic ring is 1. The van der Waals surface area contributed by atoms with E-state index >= 15 is 0 Å². The molecule has 0 radical (unpaired) electrons. The molecule has 1 heterocycles. The molecule has 0 aliphatic rings. The Morgan fingerprint density at radius 3 is 2.94 bits per heavy atom. The fourth-order valence-electron chi connectivity index (χ4n) is 1.70. The quantitative estimate of drug-likeness (QED) is 0.792. The molecule has 17 heavy (non-hydrogen) atoms. The minimum absolute atomic E-state index is 0.166. The maximum Gasteiger partial charge on any atom is 0.0715 e. The summed E-state index contributed by atoms with van der Waals surface area (Å²) in [6, 6.07) is 5.81. The lowest BCUT2D eigenvalue weighted by Crippen LogP contribution is -2.18. The molecule has 1 atom stereocenters. The summed E-state index contributed by atoms with van der Waals surface area (Å²) < 4.78 is 5.20. The molecule has 3 N–H and O–H groups in total. The Balaban J connectivity index is 2.32. The van der Waals surface area contributed by atoms with Crippen molar-refractivity contribution in [1.82, 2.24) is 4.98 Å². The molecule has 90 valence electrons. The number of methoxy groups -OCH3 is 1. The molecular weight excluding hydrogens is 214 g/mol. The summed E-state index contributed by atoms with van der Waals surface area (Å²) in [4.78, 5) is 4.14. The van der Waals surface area contributed by atoms with E-state index in [9.17, 15) is 0 Å². The number of ether oxygens (including phenoxy) is 1. The second-order valence-electron chi connectivity index (χ2n) is 4.05. The maximum atomic E-state index is 5.93. The van der Waals surface area contributed by atoms with Gasteiger partial charge < -0.3 is 15.8 Å². The average Bonchev–Trinajstić information content (AvgIpc) is 2.38. The van der Waals surface area contributed by atoms with E-state index in [1.165, 1.54) is 0 Å². The zero-order chi connectivity index (χ0) is 12.3. The van der Waals surface area contributed by atoms with Crippen molar-refractivity contribution in [2.75, 3.05) is 24.7 Å². The lowest BCUT2D eigenvalue weighted by Gasteiger charge is -2.14. The molecule has 0 saturated heterocycles. The summed E-state index contributed by atoms with van der Waals surface area (Å²) in [5, 5.41) is 5.41. The third-order valence-electron chi connectivity index (χ3n) is 2.83. The van der Waals surface area contributed by atoms with Crippen LogP contribution < -0.4 is 11.1 Å². The molecule has 2 aromatic rings. The van der Waals surface area contributed by atoms with Crippen LogP contribution in [0, 0.1) is 0 Å². The van der Waals surface area contributed by atoms with Crippen LogP contribution in [0.15, 0.2) is 30.6 Å². The van der Waals surface area contributed by atoms with Crippen molar-refractivity contribution in [3.8, 4) is 0 Å². The first-order valence-corrected chi connectivity index (χ1v) is 5.61. The van der Waals surface area contributed by atoms with E-state index in [-0.39, 0.29) is 6.10 Å². The van der Waals surface area contributed by atoms with Crippen LogP contribution in [-0.4, -0.2) is 24.7 Å². The molecule has 0 saturated carbocycles. The van der Waals surface area contributed by atoms with Crippen molar-refractivity contribution in [3.05, 3.63) is 30.6 Å². The number of hydrogen-bond acceptors (Lipinski definition) is 4. The van der Waals surface area contributed by atoms with Gasteiger partial charge in [0, 0.05) is 48.2 Å². The molecule has 1 unspecified atom stereocenters. The van der Waals surface area contributed by atoms with Gasteiger partial charge in [0.2, 0.25) is 0 Å². The number of nitrogens with zero attached hydrogens (tertiary/aromatic N) is 1. The Morgan fingerprint density at radius 2 is 2.18 bits per heavy atom. The van der Waals surface area contributed by atoms with Crippen LogP contribution in [0.25, 0.3) is 10.8 Å². The van der Waals surface area contributed by atoms with E-state index in [0.717, 1.165) is 28.7 Å². The highest BCUT2D eigenvalue weighted by molar-refractivity contribution is 6.00. The Hall–Kier alpha value is -1.81. The Kier molecular flexibility index (Phi) is 3.44. The number of pyridine rings is 1. The first-order chi connectivity index (χ1) is 8.22. The molecule has 0 fully saturated rings. The standard InChI is InChI=1S/C13H17N3O/c1-9(17-2)7-16-13-4-3-12(14)10-5-6-15-8-11(10)13/h3-6,8-9,16H,7,14H2,1-2H3. The molecule has 2 rings (SSSR count). The van der Waals surface area contributed by atoms with Gasteiger partial charge >= 0.3 is 0 Å². The van der Waals surface area contributed by atoms with Gasteiger partial charge in [-0.3, -0.25) is 4.98 Å². The van der Waals surface area contributed by atoms with Crippen molar-refractivity contribution >= 4 is 22.1 Å². The van der Waals surface area contributed by atoms with Crippen molar-refractivity contribution in [2.24, 2.45) is 0 Å². The highest BCUT2D eigenvalue weighted by Gasteiger charge is 2.05. The largest absolute Gasteiger partial charge is 0.398 e. The van der Waals surface area contributed by atoms with Crippen molar-refractivity contribution in [2.45, 2.75) is 13.0 Å². The van der Waals surface area contributed by atoms with E-state index in [1.807, 2.05) is 31.3 Å². The van der Waals surface area contributed by atoms with Gasteiger partial charge in [-0.05, 0) is 25.1 Å². The van der Waals surface area contributed by atoms with E-state index in [0.29, 0.717) is 0 Å². The normalized spacial score (nSPS) is 12.6. The predicted octanol–water partition coefficient (Wildman–Crippen LogP) is 2.26. The summed E-state index contributed by atoms with van der Waals surface area (Å²) >= 11 is 0.